The van der Waals surface area contributed by atoms with Crippen LogP contribution in [0.15, 0.2) is 59.3 Å². The number of pyridine rings is 1. The average Bonchev–Trinajstić information content (AvgIpc) is 2.81. The molecule has 0 bridgehead atoms. The van der Waals surface area contributed by atoms with Crippen LogP contribution in [0.25, 0.3) is 5.65 Å². The van der Waals surface area contributed by atoms with E-state index in [2.05, 4.69) is 20.9 Å². The zero-order valence-corrected chi connectivity index (χ0v) is 10.5. The zero-order valence-electron chi connectivity index (χ0n) is 8.88. The molecule has 2 aromatic heterocycles. The standard InChI is InChI=1S/C13H9BrN2O/c14-10-4-1-2-5-11(10)17-13-7-3-6-12-15-8-9-16(12)13/h1-9H. The molecule has 3 aromatic rings. The normalized spacial score (nSPS) is 10.6. The molecule has 0 aliphatic carbocycles. The lowest BCUT2D eigenvalue weighted by Crippen LogP contribution is -1.92. The minimum Gasteiger partial charge on any atom is -0.439 e. The molecule has 0 radical (unpaired) electrons. The lowest BCUT2D eigenvalue weighted by atomic mass is 10.3. The maximum absolute atomic E-state index is 5.86. The van der Waals surface area contributed by atoms with Crippen molar-refractivity contribution in [1.29, 1.82) is 0 Å². The van der Waals surface area contributed by atoms with Crippen molar-refractivity contribution in [3.05, 3.63) is 59.3 Å². The number of benzene rings is 1. The van der Waals surface area contributed by atoms with Crippen LogP contribution in [0.3, 0.4) is 0 Å². The van der Waals surface area contributed by atoms with Gasteiger partial charge in [0, 0.05) is 12.4 Å². The summed E-state index contributed by atoms with van der Waals surface area (Å²) >= 11 is 3.46. The average molecular weight is 289 g/mol. The van der Waals surface area contributed by atoms with Crippen molar-refractivity contribution in [1.82, 2.24) is 9.38 Å². The number of hydrogen-bond acceptors (Lipinski definition) is 2. The first-order valence-electron chi connectivity index (χ1n) is 5.19. The Morgan fingerprint density at radius 1 is 1.06 bits per heavy atom. The van der Waals surface area contributed by atoms with Crippen molar-refractivity contribution in [2.24, 2.45) is 0 Å². The first kappa shape index (κ1) is 10.4. The van der Waals surface area contributed by atoms with E-state index in [0.29, 0.717) is 0 Å². The molecule has 0 amide bonds. The SMILES string of the molecule is Brc1ccccc1Oc1cccc2nccn12. The number of aromatic nitrogens is 2. The second-order valence-electron chi connectivity index (χ2n) is 3.55. The Morgan fingerprint density at radius 2 is 1.94 bits per heavy atom. The number of imidazole rings is 1. The smallest absolute Gasteiger partial charge is 0.205 e. The molecule has 0 N–H and O–H groups in total. The molecule has 0 saturated heterocycles. The maximum Gasteiger partial charge on any atom is 0.205 e. The van der Waals surface area contributed by atoms with Gasteiger partial charge in [-0.15, -0.1) is 0 Å². The van der Waals surface area contributed by atoms with Crippen LogP contribution in [0.5, 0.6) is 11.6 Å². The summed E-state index contributed by atoms with van der Waals surface area (Å²) in [6.45, 7) is 0. The van der Waals surface area contributed by atoms with Crippen LogP contribution in [0.2, 0.25) is 0 Å². The highest BCUT2D eigenvalue weighted by atomic mass is 79.9. The summed E-state index contributed by atoms with van der Waals surface area (Å²) in [4.78, 5) is 4.21. The Morgan fingerprint density at radius 3 is 2.82 bits per heavy atom. The Hall–Kier alpha value is -1.81. The van der Waals surface area contributed by atoms with Gasteiger partial charge in [0.15, 0.2) is 0 Å². The van der Waals surface area contributed by atoms with E-state index in [9.17, 15) is 0 Å². The number of fused-ring (bicyclic) bond motifs is 1. The predicted octanol–water partition coefficient (Wildman–Crippen LogP) is 3.89. The highest BCUT2D eigenvalue weighted by Gasteiger charge is 2.05. The van der Waals surface area contributed by atoms with Gasteiger partial charge in [-0.2, -0.15) is 0 Å². The summed E-state index contributed by atoms with van der Waals surface area (Å²) in [6, 6.07) is 13.5. The molecule has 0 aliphatic heterocycles. The molecule has 0 atom stereocenters. The van der Waals surface area contributed by atoms with Crippen LogP contribution in [0.1, 0.15) is 0 Å². The summed E-state index contributed by atoms with van der Waals surface area (Å²) in [5.74, 6) is 1.53. The van der Waals surface area contributed by atoms with Gasteiger partial charge in [-0.1, -0.05) is 18.2 Å². The van der Waals surface area contributed by atoms with Crippen LogP contribution in [-0.2, 0) is 0 Å². The Labute approximate surface area is 107 Å². The first-order chi connectivity index (χ1) is 8.34. The van der Waals surface area contributed by atoms with Crippen LogP contribution in [0, 0.1) is 0 Å². The minimum absolute atomic E-state index is 0.743. The van der Waals surface area contributed by atoms with E-state index in [0.717, 1.165) is 21.7 Å². The third kappa shape index (κ3) is 1.91. The Balaban J connectivity index is 2.06. The van der Waals surface area contributed by atoms with Crippen molar-refractivity contribution in [2.75, 3.05) is 0 Å². The fourth-order valence-corrected chi connectivity index (χ4v) is 2.01. The molecule has 0 saturated carbocycles. The maximum atomic E-state index is 5.86. The van der Waals surface area contributed by atoms with Gasteiger partial charge in [-0.3, -0.25) is 4.40 Å². The van der Waals surface area contributed by atoms with Crippen molar-refractivity contribution < 1.29 is 4.74 Å². The summed E-state index contributed by atoms with van der Waals surface area (Å²) in [7, 11) is 0. The molecule has 17 heavy (non-hydrogen) atoms. The highest BCUT2D eigenvalue weighted by molar-refractivity contribution is 9.10. The summed E-state index contributed by atoms with van der Waals surface area (Å²) < 4.78 is 8.69. The molecule has 4 heteroatoms. The van der Waals surface area contributed by atoms with Gasteiger partial charge in [0.2, 0.25) is 5.88 Å². The van der Waals surface area contributed by atoms with E-state index in [1.54, 1.807) is 6.20 Å². The van der Waals surface area contributed by atoms with Gasteiger partial charge in [0.05, 0.1) is 4.47 Å². The fourth-order valence-electron chi connectivity index (χ4n) is 1.64. The second-order valence-corrected chi connectivity index (χ2v) is 4.41. The molecule has 0 unspecified atom stereocenters. The van der Waals surface area contributed by atoms with E-state index in [1.807, 2.05) is 53.1 Å². The van der Waals surface area contributed by atoms with Gasteiger partial charge in [-0.25, -0.2) is 4.98 Å². The van der Waals surface area contributed by atoms with Gasteiger partial charge in [-0.05, 0) is 40.2 Å². The summed E-state index contributed by atoms with van der Waals surface area (Å²) in [5, 5.41) is 0. The Kier molecular flexibility index (Phi) is 2.57. The number of nitrogens with zero attached hydrogens (tertiary/aromatic N) is 2. The lowest BCUT2D eigenvalue weighted by molar-refractivity contribution is 0.453. The number of para-hydroxylation sites is 1. The minimum atomic E-state index is 0.743. The quantitative estimate of drug-likeness (QED) is 0.715. The molecule has 1 aromatic carbocycles. The number of hydrogen-bond donors (Lipinski definition) is 0. The molecule has 3 rings (SSSR count). The molecule has 2 heterocycles. The van der Waals surface area contributed by atoms with E-state index in [-0.39, 0.29) is 0 Å². The van der Waals surface area contributed by atoms with Crippen LogP contribution in [-0.4, -0.2) is 9.38 Å². The number of ether oxygens (including phenoxy) is 1. The van der Waals surface area contributed by atoms with Crippen molar-refractivity contribution in [3.63, 3.8) is 0 Å². The molecular weight excluding hydrogens is 280 g/mol. The lowest BCUT2D eigenvalue weighted by Gasteiger charge is -2.08. The third-order valence-electron chi connectivity index (χ3n) is 2.44. The zero-order chi connectivity index (χ0) is 11.7. The van der Waals surface area contributed by atoms with Crippen molar-refractivity contribution in [2.45, 2.75) is 0 Å². The molecule has 0 fully saturated rings. The Bertz CT molecular complexity index is 663. The van der Waals surface area contributed by atoms with Crippen LogP contribution in [0.4, 0.5) is 0 Å². The van der Waals surface area contributed by atoms with Gasteiger partial charge < -0.3 is 4.74 Å². The monoisotopic (exact) mass is 288 g/mol. The van der Waals surface area contributed by atoms with Gasteiger partial charge >= 0.3 is 0 Å². The van der Waals surface area contributed by atoms with Crippen molar-refractivity contribution >= 4 is 21.6 Å². The third-order valence-corrected chi connectivity index (χ3v) is 3.10. The first-order valence-corrected chi connectivity index (χ1v) is 5.98. The van der Waals surface area contributed by atoms with Gasteiger partial charge in [0.25, 0.3) is 0 Å². The number of rotatable bonds is 2. The van der Waals surface area contributed by atoms with Crippen LogP contribution < -0.4 is 4.74 Å². The second kappa shape index (κ2) is 4.22. The van der Waals surface area contributed by atoms with E-state index < -0.39 is 0 Å². The molecular formula is C13H9BrN2O. The van der Waals surface area contributed by atoms with Crippen molar-refractivity contribution in [3.8, 4) is 11.6 Å². The highest BCUT2D eigenvalue weighted by Crippen LogP contribution is 2.29. The fraction of sp³-hybridized carbons (Fsp3) is 0. The van der Waals surface area contributed by atoms with Gasteiger partial charge in [0.1, 0.15) is 11.4 Å². The number of halogens is 1. The summed E-state index contributed by atoms with van der Waals surface area (Å²) in [6.07, 6.45) is 3.63. The summed E-state index contributed by atoms with van der Waals surface area (Å²) in [5.41, 5.74) is 0.870. The van der Waals surface area contributed by atoms with E-state index in [4.69, 9.17) is 4.74 Å². The molecule has 3 nitrogen and oxygen atoms in total. The predicted molar refractivity (Wildman–Crippen MR) is 69.4 cm³/mol. The molecule has 0 aliphatic rings. The topological polar surface area (TPSA) is 26.5 Å². The van der Waals surface area contributed by atoms with E-state index in [1.165, 1.54) is 0 Å². The largest absolute Gasteiger partial charge is 0.439 e. The molecule has 0 spiro atoms. The van der Waals surface area contributed by atoms with Crippen LogP contribution >= 0.6 is 15.9 Å². The molecule has 84 valence electrons. The van der Waals surface area contributed by atoms with E-state index >= 15 is 0 Å².